The van der Waals surface area contributed by atoms with Gasteiger partial charge in [-0.1, -0.05) is 84.9 Å². The maximum absolute atomic E-state index is 14.0. The number of hydrogen-bond acceptors (Lipinski definition) is 1. The summed E-state index contributed by atoms with van der Waals surface area (Å²) in [6.45, 7) is 4.24. The molecule has 0 spiro atoms. The van der Waals surface area contributed by atoms with Gasteiger partial charge in [-0.15, -0.1) is 10.3 Å². The summed E-state index contributed by atoms with van der Waals surface area (Å²) >= 11 is 0. The summed E-state index contributed by atoms with van der Waals surface area (Å²) < 4.78 is 0. The van der Waals surface area contributed by atoms with Crippen LogP contribution in [-0.4, -0.2) is 5.06 Å². The average Bonchev–Trinajstić information content (AvgIpc) is 2.73. The lowest BCUT2D eigenvalue weighted by molar-refractivity contribution is -0.204. The van der Waals surface area contributed by atoms with Crippen LogP contribution in [0.2, 0.25) is 0 Å². The highest BCUT2D eigenvalue weighted by Crippen LogP contribution is 2.49. The minimum atomic E-state index is -0.315. The minimum Gasteiger partial charge on any atom is -0.131 e. The van der Waals surface area contributed by atoms with E-state index in [1.807, 2.05) is 36.4 Å². The zero-order valence-electron chi connectivity index (χ0n) is 16.1. The van der Waals surface area contributed by atoms with E-state index < -0.39 is 0 Å². The highest BCUT2D eigenvalue weighted by molar-refractivity contribution is 5.93. The third-order valence-corrected chi connectivity index (χ3v) is 5.99. The summed E-state index contributed by atoms with van der Waals surface area (Å²) in [6.07, 6.45) is 0. The van der Waals surface area contributed by atoms with Gasteiger partial charge in [0, 0.05) is 0 Å². The lowest BCUT2D eigenvalue weighted by Crippen LogP contribution is -2.35. The Labute approximate surface area is 165 Å². The molecule has 1 aliphatic heterocycles. The van der Waals surface area contributed by atoms with Crippen LogP contribution >= 0.6 is 0 Å². The summed E-state index contributed by atoms with van der Waals surface area (Å²) in [5.74, 6) is 0. The van der Waals surface area contributed by atoms with Crippen molar-refractivity contribution in [1.29, 1.82) is 0 Å². The molecule has 1 aliphatic rings. The topological polar surface area (TPSA) is 23.1 Å². The van der Waals surface area contributed by atoms with E-state index in [0.29, 0.717) is 0 Å². The smallest absolute Gasteiger partial charge is 0.0902 e. The van der Waals surface area contributed by atoms with Crippen molar-refractivity contribution in [1.82, 2.24) is 5.06 Å². The van der Waals surface area contributed by atoms with Crippen LogP contribution in [0.3, 0.4) is 0 Å². The molecule has 2 nitrogen and oxygen atoms in total. The highest BCUT2D eigenvalue weighted by Gasteiger charge is 2.39. The molecular formula is C26H22NO. The van der Waals surface area contributed by atoms with E-state index in [2.05, 4.69) is 62.4 Å². The van der Waals surface area contributed by atoms with Crippen LogP contribution in [0.15, 0.2) is 84.9 Å². The van der Waals surface area contributed by atoms with E-state index in [1.54, 1.807) is 0 Å². The van der Waals surface area contributed by atoms with Gasteiger partial charge in [-0.25, -0.2) is 0 Å². The van der Waals surface area contributed by atoms with Crippen molar-refractivity contribution in [2.24, 2.45) is 0 Å². The van der Waals surface area contributed by atoms with Gasteiger partial charge in [-0.3, -0.25) is 0 Å². The zero-order valence-corrected chi connectivity index (χ0v) is 16.1. The summed E-state index contributed by atoms with van der Waals surface area (Å²) in [6, 6.07) is 28.3. The highest BCUT2D eigenvalue weighted by atomic mass is 16.5. The number of aryl methyl sites for hydroxylation is 2. The van der Waals surface area contributed by atoms with E-state index in [9.17, 15) is 5.21 Å². The van der Waals surface area contributed by atoms with Gasteiger partial charge < -0.3 is 0 Å². The molecule has 0 aromatic heterocycles. The number of hydrogen-bond donors (Lipinski definition) is 0. The second kappa shape index (κ2) is 6.59. The molecule has 0 aliphatic carbocycles. The molecule has 4 aromatic carbocycles. The summed E-state index contributed by atoms with van der Waals surface area (Å²) in [7, 11) is 0. The molecule has 0 unspecified atom stereocenters. The van der Waals surface area contributed by atoms with Crippen LogP contribution in [0.25, 0.3) is 10.8 Å². The van der Waals surface area contributed by atoms with Crippen molar-refractivity contribution in [3.63, 3.8) is 0 Å². The fourth-order valence-corrected chi connectivity index (χ4v) is 4.69. The second-order valence-corrected chi connectivity index (χ2v) is 7.68. The molecule has 0 N–H and O–H groups in total. The number of rotatable bonds is 2. The van der Waals surface area contributed by atoms with Crippen molar-refractivity contribution in [2.45, 2.75) is 25.9 Å². The Kier molecular flexibility index (Phi) is 4.04. The van der Waals surface area contributed by atoms with Crippen LogP contribution in [0.1, 0.15) is 45.5 Å². The van der Waals surface area contributed by atoms with Crippen molar-refractivity contribution < 1.29 is 5.21 Å². The van der Waals surface area contributed by atoms with Crippen LogP contribution in [0.4, 0.5) is 0 Å². The monoisotopic (exact) mass is 364 g/mol. The standard InChI is InChI=1S/C26H22NO/c1-17-13-15-19-16-14-18(2)23-24(19)22(17)25(20-9-5-3-6-10-20)27(28)26(23)21-11-7-4-8-12-21/h3-16,25-26H,1-2H3/t25-,26-/m0/s1. The maximum Gasteiger partial charge on any atom is 0.0902 e. The molecule has 28 heavy (non-hydrogen) atoms. The largest absolute Gasteiger partial charge is 0.131 e. The SMILES string of the molecule is Cc1ccc2ccc(C)c3c2c1[C@H](c1ccccc1)N([O])[C@H]3c1ccccc1. The van der Waals surface area contributed by atoms with Crippen molar-refractivity contribution in [3.05, 3.63) is 118 Å². The summed E-state index contributed by atoms with van der Waals surface area (Å²) in [5, 5.41) is 17.7. The van der Waals surface area contributed by atoms with Crippen molar-refractivity contribution >= 4 is 10.8 Å². The van der Waals surface area contributed by atoms with E-state index in [-0.39, 0.29) is 12.1 Å². The zero-order chi connectivity index (χ0) is 19.3. The van der Waals surface area contributed by atoms with Gasteiger partial charge in [0.25, 0.3) is 0 Å². The Morgan fingerprint density at radius 2 is 1.04 bits per heavy atom. The first-order chi connectivity index (χ1) is 13.7. The van der Waals surface area contributed by atoms with Gasteiger partial charge in [-0.2, -0.15) is 0 Å². The Morgan fingerprint density at radius 3 is 1.46 bits per heavy atom. The lowest BCUT2D eigenvalue weighted by Gasteiger charge is -2.39. The van der Waals surface area contributed by atoms with E-state index in [1.165, 1.54) is 27.0 Å². The molecule has 5 rings (SSSR count). The first-order valence-corrected chi connectivity index (χ1v) is 9.75. The maximum atomic E-state index is 14.0. The van der Waals surface area contributed by atoms with Gasteiger partial charge in [-0.05, 0) is 58.0 Å². The second-order valence-electron chi connectivity index (χ2n) is 7.68. The van der Waals surface area contributed by atoms with Crippen LogP contribution in [-0.2, 0) is 5.21 Å². The van der Waals surface area contributed by atoms with Crippen LogP contribution in [0.5, 0.6) is 0 Å². The van der Waals surface area contributed by atoms with Crippen LogP contribution in [0, 0.1) is 13.8 Å². The Morgan fingerprint density at radius 1 is 0.607 bits per heavy atom. The lowest BCUT2D eigenvalue weighted by atomic mass is 9.78. The van der Waals surface area contributed by atoms with Crippen molar-refractivity contribution in [2.75, 3.05) is 0 Å². The van der Waals surface area contributed by atoms with E-state index >= 15 is 0 Å². The molecule has 1 radical (unpaired) electrons. The van der Waals surface area contributed by atoms with Gasteiger partial charge in [0.2, 0.25) is 0 Å². The van der Waals surface area contributed by atoms with Gasteiger partial charge in [0.15, 0.2) is 0 Å². The Hall–Kier alpha value is -2.94. The number of hydroxylamine groups is 2. The van der Waals surface area contributed by atoms with Gasteiger partial charge in [0.05, 0.1) is 12.1 Å². The first kappa shape index (κ1) is 17.2. The average molecular weight is 364 g/mol. The molecule has 4 aromatic rings. The quantitative estimate of drug-likeness (QED) is 0.409. The predicted molar refractivity (Wildman–Crippen MR) is 113 cm³/mol. The van der Waals surface area contributed by atoms with E-state index in [0.717, 1.165) is 22.3 Å². The third kappa shape index (κ3) is 2.50. The normalized spacial score (nSPS) is 19.1. The fourth-order valence-electron chi connectivity index (χ4n) is 4.69. The Balaban J connectivity index is 1.90. The van der Waals surface area contributed by atoms with Crippen molar-refractivity contribution in [3.8, 4) is 0 Å². The van der Waals surface area contributed by atoms with E-state index in [4.69, 9.17) is 0 Å². The fraction of sp³-hybridized carbons (Fsp3) is 0.154. The van der Waals surface area contributed by atoms with Gasteiger partial charge in [0.1, 0.15) is 0 Å². The number of nitrogens with zero attached hydrogens (tertiary/aromatic N) is 1. The molecule has 0 saturated carbocycles. The first-order valence-electron chi connectivity index (χ1n) is 9.75. The third-order valence-electron chi connectivity index (χ3n) is 5.99. The molecule has 0 saturated heterocycles. The summed E-state index contributed by atoms with van der Waals surface area (Å²) in [5.41, 5.74) is 6.71. The molecular weight excluding hydrogens is 342 g/mol. The molecule has 1 heterocycles. The Bertz CT molecular complexity index is 1060. The molecule has 0 bridgehead atoms. The molecule has 0 fully saturated rings. The molecule has 137 valence electrons. The molecule has 2 heteroatoms. The predicted octanol–water partition coefficient (Wildman–Crippen LogP) is 6.30. The van der Waals surface area contributed by atoms with Gasteiger partial charge >= 0.3 is 0 Å². The molecule has 2 atom stereocenters. The minimum absolute atomic E-state index is 0.315. The number of benzene rings is 4. The summed E-state index contributed by atoms with van der Waals surface area (Å²) in [4.78, 5) is 0. The van der Waals surface area contributed by atoms with Crippen LogP contribution < -0.4 is 0 Å². The molecule has 0 amide bonds.